The van der Waals surface area contributed by atoms with Crippen molar-refractivity contribution < 1.29 is 44.7 Å². The van der Waals surface area contributed by atoms with Crippen LogP contribution in [0.15, 0.2) is 47.4 Å². The van der Waals surface area contributed by atoms with Crippen molar-refractivity contribution in [1.29, 1.82) is 0 Å². The number of ether oxygens (including phenoxy) is 1. The molecule has 1 unspecified atom stereocenters. The van der Waals surface area contributed by atoms with Gasteiger partial charge in [-0.3, -0.25) is 9.59 Å². The van der Waals surface area contributed by atoms with Crippen LogP contribution in [0.3, 0.4) is 0 Å². The maximum absolute atomic E-state index is 14.4. The average Bonchev–Trinajstić information content (AvgIpc) is 3.17. The third-order valence-corrected chi connectivity index (χ3v) is 7.52. The second-order valence-corrected chi connectivity index (χ2v) is 11.1. The Hall–Kier alpha value is -3.06. The lowest BCUT2D eigenvalue weighted by Gasteiger charge is -2.36. The van der Waals surface area contributed by atoms with E-state index in [1.807, 2.05) is 0 Å². The van der Waals surface area contributed by atoms with Crippen LogP contribution in [0.5, 0.6) is 0 Å². The summed E-state index contributed by atoms with van der Waals surface area (Å²) < 4.78 is 96.4. The molecule has 0 bridgehead atoms. The molecule has 0 aliphatic carbocycles. The summed E-state index contributed by atoms with van der Waals surface area (Å²) in [7, 11) is -3.63. The number of carbonyl (C=O) groups is 2. The molecule has 1 N–H and O–H groups in total. The molecule has 2 aliphatic heterocycles. The van der Waals surface area contributed by atoms with Crippen molar-refractivity contribution in [3.63, 3.8) is 0 Å². The van der Waals surface area contributed by atoms with Gasteiger partial charge in [-0.15, -0.1) is 0 Å². The Bertz CT molecular complexity index is 1310. The van der Waals surface area contributed by atoms with Crippen LogP contribution in [0.4, 0.5) is 22.0 Å². The zero-order valence-electron chi connectivity index (χ0n) is 19.5. The topological polar surface area (TPSA) is 92.8 Å². The van der Waals surface area contributed by atoms with Crippen LogP contribution in [0.2, 0.25) is 0 Å². The highest BCUT2D eigenvalue weighted by Gasteiger charge is 2.42. The van der Waals surface area contributed by atoms with Crippen molar-refractivity contribution in [2.45, 2.75) is 35.7 Å². The van der Waals surface area contributed by atoms with Gasteiger partial charge in [0.05, 0.1) is 36.3 Å². The molecular formula is C24H23F5N2O5S. The Morgan fingerprint density at radius 3 is 2.41 bits per heavy atom. The molecule has 0 spiro atoms. The molecule has 0 radical (unpaired) electrons. The van der Waals surface area contributed by atoms with Crippen molar-refractivity contribution in [2.24, 2.45) is 5.92 Å². The summed E-state index contributed by atoms with van der Waals surface area (Å²) in [6, 6.07) is 5.25. The van der Waals surface area contributed by atoms with E-state index in [1.165, 1.54) is 18.2 Å². The number of benzene rings is 2. The number of hydrogen-bond donors (Lipinski definition) is 1. The molecule has 13 heteroatoms. The Balaban J connectivity index is 1.58. The fourth-order valence-electron chi connectivity index (χ4n) is 4.41. The van der Waals surface area contributed by atoms with E-state index in [0.29, 0.717) is 12.1 Å². The van der Waals surface area contributed by atoms with Gasteiger partial charge in [-0.1, -0.05) is 12.1 Å². The summed E-state index contributed by atoms with van der Waals surface area (Å²) in [6.07, 6.45) is -5.80. The molecule has 0 saturated carbocycles. The van der Waals surface area contributed by atoms with Gasteiger partial charge < -0.3 is 15.0 Å². The number of alkyl halides is 4. The first-order valence-corrected chi connectivity index (χ1v) is 13.1. The van der Waals surface area contributed by atoms with Crippen molar-refractivity contribution in [3.8, 4) is 0 Å². The second-order valence-electron chi connectivity index (χ2n) is 9.13. The van der Waals surface area contributed by atoms with Gasteiger partial charge in [-0.25, -0.2) is 17.2 Å². The predicted octanol–water partition coefficient (Wildman–Crippen LogP) is 3.30. The zero-order valence-corrected chi connectivity index (χ0v) is 20.3. The molecule has 200 valence electrons. The second kappa shape index (κ2) is 10.0. The number of hydrogen-bond acceptors (Lipinski definition) is 5. The van der Waals surface area contributed by atoms with E-state index in [1.54, 1.807) is 0 Å². The molecule has 4 rings (SSSR count). The number of rotatable bonds is 6. The largest absolute Gasteiger partial charge is 0.419 e. The third kappa shape index (κ3) is 5.77. The smallest absolute Gasteiger partial charge is 0.381 e. The van der Waals surface area contributed by atoms with Crippen LogP contribution in [0.1, 0.15) is 33.9 Å². The predicted molar refractivity (Wildman–Crippen MR) is 120 cm³/mol. The first-order chi connectivity index (χ1) is 17.3. The summed E-state index contributed by atoms with van der Waals surface area (Å²) in [5, 5.41) is 2.63. The van der Waals surface area contributed by atoms with E-state index in [4.69, 9.17) is 4.74 Å². The number of nitrogens with one attached hydrogen (secondary N) is 1. The molecule has 3 atom stereocenters. The number of likely N-dealkylation sites (tertiary alicyclic amines) is 1. The van der Waals surface area contributed by atoms with Gasteiger partial charge >= 0.3 is 6.18 Å². The molecule has 0 aromatic heterocycles. The molecule has 37 heavy (non-hydrogen) atoms. The van der Waals surface area contributed by atoms with Gasteiger partial charge in [0.15, 0.2) is 9.84 Å². The summed E-state index contributed by atoms with van der Waals surface area (Å²) in [5.41, 5.74) is -1.43. The van der Waals surface area contributed by atoms with Gasteiger partial charge in [-0.05, 0) is 35.9 Å². The third-order valence-electron chi connectivity index (χ3n) is 6.41. The normalized spacial score (nSPS) is 21.4. The maximum atomic E-state index is 14.4. The summed E-state index contributed by atoms with van der Waals surface area (Å²) in [5.74, 6) is -3.41. The van der Waals surface area contributed by atoms with E-state index in [9.17, 15) is 40.0 Å². The highest BCUT2D eigenvalue weighted by Crippen LogP contribution is 2.35. The van der Waals surface area contributed by atoms with Crippen LogP contribution in [-0.2, 0) is 25.5 Å². The molecule has 2 aromatic rings. The minimum Gasteiger partial charge on any atom is -0.381 e. The quantitative estimate of drug-likeness (QED) is 0.562. The van der Waals surface area contributed by atoms with E-state index >= 15 is 0 Å². The number of nitrogens with zero attached hydrogens (tertiary/aromatic N) is 1. The van der Waals surface area contributed by atoms with Gasteiger partial charge in [-0.2, -0.15) is 13.2 Å². The molecule has 2 fully saturated rings. The van der Waals surface area contributed by atoms with E-state index in [0.717, 1.165) is 23.3 Å². The Morgan fingerprint density at radius 2 is 1.84 bits per heavy atom. The van der Waals surface area contributed by atoms with Gasteiger partial charge in [0.1, 0.15) is 18.0 Å². The Labute approximate surface area is 209 Å². The van der Waals surface area contributed by atoms with Crippen LogP contribution in [-0.4, -0.2) is 63.4 Å². The SMILES string of the molecule is CS(=O)(=O)c1cccc(C(=O)N2C[C@@H](F)C[C@@H]2C(=O)NC(c2ccc(C(F)(F)F)c(F)c2)C2COC2)c1. The minimum absolute atomic E-state index is 0.0522. The van der Waals surface area contributed by atoms with Crippen LogP contribution >= 0.6 is 0 Å². The van der Waals surface area contributed by atoms with Gasteiger partial charge in [0, 0.05) is 24.2 Å². The fraction of sp³-hybridized carbons (Fsp3) is 0.417. The van der Waals surface area contributed by atoms with E-state index < -0.39 is 64.0 Å². The monoisotopic (exact) mass is 546 g/mol. The lowest BCUT2D eigenvalue weighted by Crippen LogP contribution is -2.50. The number of sulfone groups is 1. The lowest BCUT2D eigenvalue weighted by molar-refractivity contribution is -0.140. The standard InChI is InChI=1S/C24H23F5N2O5S/c1-37(34,35)17-4-2-3-14(7-17)23(33)31-10-16(25)9-20(31)22(32)30-21(15-11-36-12-15)13-5-6-18(19(26)8-13)24(27,28)29/h2-8,15-16,20-21H,9-12H2,1H3,(H,30,32)/t16-,20+,21?/m0/s1. The number of carbonyl (C=O) groups excluding carboxylic acids is 2. The van der Waals surface area contributed by atoms with Crippen LogP contribution in [0, 0.1) is 11.7 Å². The van der Waals surface area contributed by atoms with Gasteiger partial charge in [0.2, 0.25) is 5.91 Å². The molecular weight excluding hydrogens is 523 g/mol. The van der Waals surface area contributed by atoms with Crippen LogP contribution in [0.25, 0.3) is 0 Å². The summed E-state index contributed by atoms with van der Waals surface area (Å²) in [4.78, 5) is 27.2. The average molecular weight is 547 g/mol. The Kier molecular flexibility index (Phi) is 7.30. The van der Waals surface area contributed by atoms with Crippen molar-refractivity contribution >= 4 is 21.7 Å². The van der Waals surface area contributed by atoms with Crippen molar-refractivity contribution in [2.75, 3.05) is 26.0 Å². The molecule has 2 aromatic carbocycles. The molecule has 2 heterocycles. The highest BCUT2D eigenvalue weighted by molar-refractivity contribution is 7.90. The minimum atomic E-state index is -4.89. The number of halogens is 5. The summed E-state index contributed by atoms with van der Waals surface area (Å²) >= 11 is 0. The molecule has 2 amide bonds. The fourth-order valence-corrected chi connectivity index (χ4v) is 5.07. The maximum Gasteiger partial charge on any atom is 0.419 e. The zero-order chi connectivity index (χ0) is 27.1. The first-order valence-electron chi connectivity index (χ1n) is 11.3. The van der Waals surface area contributed by atoms with Crippen molar-refractivity contribution in [1.82, 2.24) is 10.2 Å². The highest BCUT2D eigenvalue weighted by atomic mass is 32.2. The lowest BCUT2D eigenvalue weighted by atomic mass is 9.90. The summed E-state index contributed by atoms with van der Waals surface area (Å²) in [6.45, 7) is -0.0953. The van der Waals surface area contributed by atoms with E-state index in [-0.39, 0.29) is 41.6 Å². The van der Waals surface area contributed by atoms with Crippen LogP contribution < -0.4 is 5.32 Å². The number of amides is 2. The van der Waals surface area contributed by atoms with Crippen molar-refractivity contribution in [3.05, 3.63) is 65.0 Å². The molecule has 2 aliphatic rings. The molecule has 2 saturated heterocycles. The van der Waals surface area contributed by atoms with Gasteiger partial charge in [0.25, 0.3) is 5.91 Å². The Morgan fingerprint density at radius 1 is 1.14 bits per heavy atom. The molecule has 7 nitrogen and oxygen atoms in total. The first kappa shape index (κ1) is 27.0. The van der Waals surface area contributed by atoms with E-state index in [2.05, 4.69) is 5.32 Å².